The lowest BCUT2D eigenvalue weighted by Crippen LogP contribution is -2.13. The maximum Gasteiger partial charge on any atom is 0.119 e. The van der Waals surface area contributed by atoms with E-state index < -0.39 is 0 Å². The molecule has 0 N–H and O–H groups in total. The molecule has 1 aliphatic carbocycles. The van der Waals surface area contributed by atoms with E-state index in [9.17, 15) is 0 Å². The first-order valence-corrected chi connectivity index (χ1v) is 14.1. The van der Waals surface area contributed by atoms with Crippen LogP contribution in [-0.4, -0.2) is 6.61 Å². The smallest absolute Gasteiger partial charge is 0.119 e. The van der Waals surface area contributed by atoms with Crippen LogP contribution in [0.1, 0.15) is 122 Å². The van der Waals surface area contributed by atoms with Gasteiger partial charge in [-0.2, -0.15) is 0 Å². The molecule has 0 bridgehead atoms. The first-order chi connectivity index (χ1) is 16.3. The summed E-state index contributed by atoms with van der Waals surface area (Å²) in [6.07, 6.45) is 20.5. The molecule has 3 rings (SSSR count). The Kier molecular flexibility index (Phi) is 11.9. The first kappa shape index (κ1) is 25.9. The van der Waals surface area contributed by atoms with E-state index >= 15 is 0 Å². The molecule has 0 radical (unpaired) electrons. The van der Waals surface area contributed by atoms with Gasteiger partial charge in [-0.3, -0.25) is 0 Å². The Morgan fingerprint density at radius 2 is 1.15 bits per heavy atom. The van der Waals surface area contributed by atoms with Crippen LogP contribution >= 0.6 is 0 Å². The molecule has 0 spiro atoms. The average Bonchev–Trinajstić information content (AvgIpc) is 2.86. The predicted octanol–water partition coefficient (Wildman–Crippen LogP) is 10.3. The third-order valence-corrected chi connectivity index (χ3v) is 7.63. The highest BCUT2D eigenvalue weighted by atomic mass is 16.5. The van der Waals surface area contributed by atoms with Gasteiger partial charge in [-0.05, 0) is 72.8 Å². The summed E-state index contributed by atoms with van der Waals surface area (Å²) in [6, 6.07) is 18.0. The second-order valence-electron chi connectivity index (χ2n) is 10.3. The quantitative estimate of drug-likeness (QED) is 0.246. The monoisotopic (exact) mass is 448 g/mol. The van der Waals surface area contributed by atoms with E-state index in [0.29, 0.717) is 0 Å². The molecule has 182 valence electrons. The number of hydrogen-bond donors (Lipinski definition) is 0. The van der Waals surface area contributed by atoms with Crippen molar-refractivity contribution in [2.75, 3.05) is 6.61 Å². The lowest BCUT2D eigenvalue weighted by Gasteiger charge is -2.28. The number of hydrogen-bond acceptors (Lipinski definition) is 1. The minimum absolute atomic E-state index is 0.768. The van der Waals surface area contributed by atoms with Crippen molar-refractivity contribution in [2.45, 2.75) is 116 Å². The maximum absolute atomic E-state index is 5.98. The fraction of sp³-hybridized carbons (Fsp3) is 0.625. The van der Waals surface area contributed by atoms with Gasteiger partial charge in [-0.15, -0.1) is 0 Å². The van der Waals surface area contributed by atoms with Crippen LogP contribution in [0.25, 0.3) is 11.1 Å². The predicted molar refractivity (Wildman–Crippen MR) is 144 cm³/mol. The summed E-state index contributed by atoms with van der Waals surface area (Å²) >= 11 is 0. The fourth-order valence-electron chi connectivity index (χ4n) is 5.49. The molecule has 2 aromatic rings. The van der Waals surface area contributed by atoms with E-state index in [2.05, 4.69) is 62.4 Å². The molecule has 2 aromatic carbocycles. The van der Waals surface area contributed by atoms with Gasteiger partial charge in [0.05, 0.1) is 6.61 Å². The highest BCUT2D eigenvalue weighted by Gasteiger charge is 2.21. The van der Waals surface area contributed by atoms with Crippen molar-refractivity contribution in [1.29, 1.82) is 0 Å². The van der Waals surface area contributed by atoms with Gasteiger partial charge in [-0.1, -0.05) is 114 Å². The van der Waals surface area contributed by atoms with Gasteiger partial charge in [0.1, 0.15) is 5.75 Å². The third kappa shape index (κ3) is 9.19. The van der Waals surface area contributed by atoms with Crippen molar-refractivity contribution in [3.8, 4) is 16.9 Å². The lowest BCUT2D eigenvalue weighted by atomic mass is 9.77. The molecule has 0 aromatic heterocycles. The van der Waals surface area contributed by atoms with E-state index in [1.165, 1.54) is 113 Å². The zero-order chi connectivity index (χ0) is 23.1. The van der Waals surface area contributed by atoms with Crippen LogP contribution in [0.15, 0.2) is 48.5 Å². The highest BCUT2D eigenvalue weighted by Crippen LogP contribution is 2.38. The van der Waals surface area contributed by atoms with E-state index in [0.717, 1.165) is 24.2 Å². The normalized spacial score (nSPS) is 18.4. The Hall–Kier alpha value is -1.76. The van der Waals surface area contributed by atoms with Gasteiger partial charge in [0.25, 0.3) is 0 Å². The van der Waals surface area contributed by atoms with Crippen LogP contribution in [-0.2, 0) is 0 Å². The van der Waals surface area contributed by atoms with Crippen molar-refractivity contribution in [3.63, 3.8) is 0 Å². The summed E-state index contributed by atoms with van der Waals surface area (Å²) in [7, 11) is 0. The minimum Gasteiger partial charge on any atom is -0.494 e. The van der Waals surface area contributed by atoms with Crippen LogP contribution in [0.2, 0.25) is 0 Å². The average molecular weight is 449 g/mol. The molecule has 0 unspecified atom stereocenters. The summed E-state index contributed by atoms with van der Waals surface area (Å²) in [6.45, 7) is 5.44. The number of benzene rings is 2. The summed E-state index contributed by atoms with van der Waals surface area (Å²) in [5, 5.41) is 0. The van der Waals surface area contributed by atoms with E-state index in [-0.39, 0.29) is 0 Å². The molecule has 0 atom stereocenters. The Morgan fingerprint density at radius 3 is 1.73 bits per heavy atom. The molecule has 1 fully saturated rings. The lowest BCUT2D eigenvalue weighted by molar-refractivity contribution is 0.304. The first-order valence-electron chi connectivity index (χ1n) is 14.1. The van der Waals surface area contributed by atoms with E-state index in [1.807, 2.05) is 0 Å². The molecule has 0 saturated heterocycles. The minimum atomic E-state index is 0.768. The van der Waals surface area contributed by atoms with Crippen molar-refractivity contribution >= 4 is 0 Å². The second-order valence-corrected chi connectivity index (χ2v) is 10.3. The summed E-state index contributed by atoms with van der Waals surface area (Å²) in [4.78, 5) is 0. The van der Waals surface area contributed by atoms with Crippen molar-refractivity contribution in [2.24, 2.45) is 5.92 Å². The molecular formula is C32H48O. The molecule has 1 saturated carbocycles. The molecule has 1 heteroatoms. The van der Waals surface area contributed by atoms with Crippen molar-refractivity contribution in [1.82, 2.24) is 0 Å². The van der Waals surface area contributed by atoms with Crippen LogP contribution in [0.3, 0.4) is 0 Å². The molecule has 1 nitrogen and oxygen atoms in total. The summed E-state index contributed by atoms with van der Waals surface area (Å²) in [5.74, 6) is 2.74. The van der Waals surface area contributed by atoms with Crippen LogP contribution in [0.4, 0.5) is 0 Å². The van der Waals surface area contributed by atoms with E-state index in [4.69, 9.17) is 4.74 Å². The molecule has 33 heavy (non-hydrogen) atoms. The van der Waals surface area contributed by atoms with Crippen LogP contribution in [0.5, 0.6) is 5.75 Å². The van der Waals surface area contributed by atoms with Gasteiger partial charge in [0, 0.05) is 0 Å². The summed E-state index contributed by atoms with van der Waals surface area (Å²) < 4.78 is 5.98. The van der Waals surface area contributed by atoms with E-state index in [1.54, 1.807) is 0 Å². The largest absolute Gasteiger partial charge is 0.494 e. The molecule has 0 heterocycles. The third-order valence-electron chi connectivity index (χ3n) is 7.63. The van der Waals surface area contributed by atoms with Crippen LogP contribution < -0.4 is 4.74 Å². The van der Waals surface area contributed by atoms with Gasteiger partial charge in [0.15, 0.2) is 0 Å². The van der Waals surface area contributed by atoms with Gasteiger partial charge >= 0.3 is 0 Å². The molecule has 1 aliphatic rings. The number of unbranched alkanes of at least 4 members (excludes halogenated alkanes) is 8. The standard InChI is InChI=1S/C32H48O/c1-3-5-6-7-8-9-10-11-12-26-33-32-24-22-31(23-25-32)30-20-18-29(19-21-30)28-16-14-27(13-4-2)15-17-28/h18-25,27-28H,3-17,26H2,1-2H3. The topological polar surface area (TPSA) is 9.23 Å². The molecule has 0 amide bonds. The van der Waals surface area contributed by atoms with Gasteiger partial charge in [-0.25, -0.2) is 0 Å². The number of ether oxygens (including phenoxy) is 1. The maximum atomic E-state index is 5.98. The zero-order valence-corrected chi connectivity index (χ0v) is 21.5. The zero-order valence-electron chi connectivity index (χ0n) is 21.5. The van der Waals surface area contributed by atoms with Gasteiger partial charge in [0.2, 0.25) is 0 Å². The Morgan fingerprint density at radius 1 is 0.606 bits per heavy atom. The fourth-order valence-corrected chi connectivity index (χ4v) is 5.49. The molecule has 0 aliphatic heterocycles. The number of rotatable bonds is 15. The molecular weight excluding hydrogens is 400 g/mol. The van der Waals surface area contributed by atoms with Crippen molar-refractivity contribution in [3.05, 3.63) is 54.1 Å². The summed E-state index contributed by atoms with van der Waals surface area (Å²) in [5.41, 5.74) is 4.13. The highest BCUT2D eigenvalue weighted by molar-refractivity contribution is 5.64. The second kappa shape index (κ2) is 15.2. The van der Waals surface area contributed by atoms with Crippen molar-refractivity contribution < 1.29 is 4.74 Å². The Bertz CT molecular complexity index is 737. The van der Waals surface area contributed by atoms with Crippen LogP contribution in [0, 0.1) is 5.92 Å². The Labute approximate surface area is 204 Å². The SMILES string of the molecule is CCCCCCCCCCCOc1ccc(-c2ccc(C3CCC(CCC)CC3)cc2)cc1. The Balaban J connectivity index is 1.34. The van der Waals surface area contributed by atoms with Gasteiger partial charge < -0.3 is 4.74 Å².